The average molecular weight is 222 g/mol. The molecule has 0 radical (unpaired) electrons. The first-order valence-electron chi connectivity index (χ1n) is 5.70. The zero-order chi connectivity index (χ0) is 10.7. The van der Waals surface area contributed by atoms with Crippen LogP contribution in [0.5, 0.6) is 0 Å². The van der Waals surface area contributed by atoms with Crippen LogP contribution in [-0.4, -0.2) is 5.11 Å². The molecule has 1 aromatic rings. The smallest absolute Gasteiger partial charge is 0.117 e. The molecule has 1 aromatic heterocycles. The Morgan fingerprint density at radius 3 is 3.00 bits per heavy atom. The van der Waals surface area contributed by atoms with E-state index < -0.39 is 5.60 Å². The summed E-state index contributed by atoms with van der Waals surface area (Å²) in [6.07, 6.45) is 8.66. The van der Waals surface area contributed by atoms with Gasteiger partial charge in [0.15, 0.2) is 0 Å². The molecule has 1 nitrogen and oxygen atoms in total. The molecule has 1 heterocycles. The van der Waals surface area contributed by atoms with Crippen molar-refractivity contribution in [1.29, 1.82) is 0 Å². The van der Waals surface area contributed by atoms with Crippen molar-refractivity contribution in [3.8, 4) is 0 Å². The van der Waals surface area contributed by atoms with E-state index in [-0.39, 0.29) is 0 Å². The maximum atomic E-state index is 10.4. The van der Waals surface area contributed by atoms with Crippen LogP contribution in [0.15, 0.2) is 29.7 Å². The van der Waals surface area contributed by atoms with Gasteiger partial charge in [0.2, 0.25) is 0 Å². The van der Waals surface area contributed by atoms with Crippen LogP contribution in [0, 0.1) is 5.92 Å². The first-order chi connectivity index (χ1) is 7.24. The van der Waals surface area contributed by atoms with Gasteiger partial charge in [-0.2, -0.15) is 0 Å². The van der Waals surface area contributed by atoms with Crippen molar-refractivity contribution < 1.29 is 5.11 Å². The molecule has 0 spiro atoms. The lowest BCUT2D eigenvalue weighted by atomic mass is 9.82. The van der Waals surface area contributed by atoms with E-state index in [1.54, 1.807) is 11.3 Å². The highest BCUT2D eigenvalue weighted by molar-refractivity contribution is 7.10. The van der Waals surface area contributed by atoms with E-state index in [4.69, 9.17) is 0 Å². The number of aliphatic hydroxyl groups is 1. The maximum Gasteiger partial charge on any atom is 0.117 e. The molecular formula is C13H18OS. The fraction of sp³-hybridized carbons (Fsp3) is 0.538. The minimum atomic E-state index is -0.682. The molecule has 2 unspecified atom stereocenters. The first kappa shape index (κ1) is 10.9. The summed E-state index contributed by atoms with van der Waals surface area (Å²) in [5.41, 5.74) is -0.682. The van der Waals surface area contributed by atoms with Crippen LogP contribution in [-0.2, 0) is 5.60 Å². The molecule has 2 rings (SSSR count). The predicted molar refractivity (Wildman–Crippen MR) is 65.0 cm³/mol. The van der Waals surface area contributed by atoms with E-state index in [1.807, 2.05) is 23.6 Å². The number of allylic oxidation sites excluding steroid dienone is 1. The van der Waals surface area contributed by atoms with Crippen molar-refractivity contribution >= 4 is 11.3 Å². The third-order valence-corrected chi connectivity index (χ3v) is 4.18. The summed E-state index contributed by atoms with van der Waals surface area (Å²) in [7, 11) is 0. The summed E-state index contributed by atoms with van der Waals surface area (Å²) in [5, 5.41) is 12.5. The topological polar surface area (TPSA) is 20.2 Å². The quantitative estimate of drug-likeness (QED) is 0.773. The summed E-state index contributed by atoms with van der Waals surface area (Å²) < 4.78 is 0. The van der Waals surface area contributed by atoms with E-state index in [0.717, 1.165) is 17.7 Å². The second-order valence-corrected chi connectivity index (χ2v) is 5.30. The van der Waals surface area contributed by atoms with Crippen LogP contribution in [0.25, 0.3) is 0 Å². The molecule has 0 bridgehead atoms. The van der Waals surface area contributed by atoms with Gasteiger partial charge in [-0.3, -0.25) is 0 Å². The zero-order valence-corrected chi connectivity index (χ0v) is 9.96. The van der Waals surface area contributed by atoms with Gasteiger partial charge in [-0.1, -0.05) is 31.6 Å². The Balaban J connectivity index is 2.10. The Labute approximate surface area is 95.5 Å². The summed E-state index contributed by atoms with van der Waals surface area (Å²) in [6, 6.07) is 4.03. The Kier molecular flexibility index (Phi) is 3.27. The van der Waals surface area contributed by atoms with Gasteiger partial charge in [0, 0.05) is 4.88 Å². The molecule has 1 aliphatic rings. The lowest BCUT2D eigenvalue weighted by Crippen LogP contribution is -2.26. The monoisotopic (exact) mass is 222 g/mol. The van der Waals surface area contributed by atoms with Crippen molar-refractivity contribution in [1.82, 2.24) is 0 Å². The van der Waals surface area contributed by atoms with E-state index in [1.165, 1.54) is 12.8 Å². The van der Waals surface area contributed by atoms with Crippen molar-refractivity contribution in [2.75, 3.05) is 0 Å². The summed E-state index contributed by atoms with van der Waals surface area (Å²) in [5.74, 6) is 0.676. The summed E-state index contributed by atoms with van der Waals surface area (Å²) >= 11 is 1.64. The van der Waals surface area contributed by atoms with Crippen LogP contribution in [0.1, 0.15) is 37.5 Å². The van der Waals surface area contributed by atoms with Crippen LogP contribution in [0.4, 0.5) is 0 Å². The Hall–Kier alpha value is -0.600. The van der Waals surface area contributed by atoms with Crippen molar-refractivity contribution in [2.24, 2.45) is 5.92 Å². The highest BCUT2D eigenvalue weighted by atomic mass is 32.1. The van der Waals surface area contributed by atoms with E-state index >= 15 is 0 Å². The standard InChI is InChI=1S/C13H18OS/c1-2-4-11-6-8-13(14,9-7-11)12-5-3-10-15-12/h3,5-6,8,10-11,14H,2,4,7,9H2,1H3. The highest BCUT2D eigenvalue weighted by Gasteiger charge is 2.30. The number of rotatable bonds is 3. The molecule has 1 N–H and O–H groups in total. The third-order valence-electron chi connectivity index (χ3n) is 3.15. The minimum absolute atomic E-state index is 0.676. The Bertz CT molecular complexity index is 328. The molecule has 82 valence electrons. The van der Waals surface area contributed by atoms with Crippen molar-refractivity contribution in [3.63, 3.8) is 0 Å². The van der Waals surface area contributed by atoms with Crippen LogP contribution in [0.2, 0.25) is 0 Å². The Morgan fingerprint density at radius 1 is 1.60 bits per heavy atom. The molecule has 15 heavy (non-hydrogen) atoms. The van der Waals surface area contributed by atoms with Gasteiger partial charge >= 0.3 is 0 Å². The van der Waals surface area contributed by atoms with Crippen LogP contribution < -0.4 is 0 Å². The fourth-order valence-electron chi connectivity index (χ4n) is 2.22. The van der Waals surface area contributed by atoms with Crippen LogP contribution >= 0.6 is 11.3 Å². The molecule has 2 atom stereocenters. The van der Waals surface area contributed by atoms with Gasteiger partial charge < -0.3 is 5.11 Å². The largest absolute Gasteiger partial charge is 0.380 e. The van der Waals surface area contributed by atoms with Crippen LogP contribution in [0.3, 0.4) is 0 Å². The van der Waals surface area contributed by atoms with Crippen molar-refractivity contribution in [2.45, 2.75) is 38.2 Å². The number of hydrogen-bond donors (Lipinski definition) is 1. The van der Waals surface area contributed by atoms with E-state index in [9.17, 15) is 5.11 Å². The SMILES string of the molecule is CCCC1C=CC(O)(c2cccs2)CC1. The van der Waals surface area contributed by atoms with Gasteiger partial charge in [-0.05, 0) is 36.6 Å². The average Bonchev–Trinajstić information content (AvgIpc) is 2.76. The third kappa shape index (κ3) is 2.32. The molecule has 1 aliphatic carbocycles. The molecule has 0 saturated heterocycles. The summed E-state index contributed by atoms with van der Waals surface area (Å²) in [6.45, 7) is 2.22. The van der Waals surface area contributed by atoms with Gasteiger partial charge in [-0.15, -0.1) is 11.3 Å². The second kappa shape index (κ2) is 4.50. The molecule has 0 aliphatic heterocycles. The highest BCUT2D eigenvalue weighted by Crippen LogP contribution is 2.37. The van der Waals surface area contributed by atoms with Gasteiger partial charge in [0.05, 0.1) is 0 Å². The molecule has 2 heteroatoms. The minimum Gasteiger partial charge on any atom is -0.380 e. The predicted octanol–water partition coefficient (Wildman–Crippen LogP) is 3.70. The first-order valence-corrected chi connectivity index (χ1v) is 6.58. The van der Waals surface area contributed by atoms with Gasteiger partial charge in [-0.25, -0.2) is 0 Å². The molecule has 0 amide bonds. The van der Waals surface area contributed by atoms with Gasteiger partial charge in [0.25, 0.3) is 0 Å². The lowest BCUT2D eigenvalue weighted by Gasteiger charge is -2.30. The fourth-order valence-corrected chi connectivity index (χ4v) is 3.06. The van der Waals surface area contributed by atoms with E-state index in [0.29, 0.717) is 5.92 Å². The second-order valence-electron chi connectivity index (χ2n) is 4.35. The number of hydrogen-bond acceptors (Lipinski definition) is 2. The molecular weight excluding hydrogens is 204 g/mol. The Morgan fingerprint density at radius 2 is 2.47 bits per heavy atom. The maximum absolute atomic E-state index is 10.4. The lowest BCUT2D eigenvalue weighted by molar-refractivity contribution is 0.0693. The van der Waals surface area contributed by atoms with Crippen molar-refractivity contribution in [3.05, 3.63) is 34.5 Å². The molecule has 0 aromatic carbocycles. The van der Waals surface area contributed by atoms with E-state index in [2.05, 4.69) is 13.0 Å². The molecule has 0 fully saturated rings. The molecule has 0 saturated carbocycles. The van der Waals surface area contributed by atoms with Gasteiger partial charge in [0.1, 0.15) is 5.60 Å². The zero-order valence-electron chi connectivity index (χ0n) is 9.15. The number of thiophene rings is 1. The summed E-state index contributed by atoms with van der Waals surface area (Å²) in [4.78, 5) is 1.08. The normalized spacial score (nSPS) is 30.7.